The summed E-state index contributed by atoms with van der Waals surface area (Å²) in [5, 5.41) is 0. The third kappa shape index (κ3) is 3.48. The molecule has 2 aliphatic heterocycles. The molecule has 3 heterocycles. The number of piperazine rings is 1. The number of hydrogen-bond donors (Lipinski definition) is 0. The summed E-state index contributed by atoms with van der Waals surface area (Å²) >= 11 is 0. The van der Waals surface area contributed by atoms with Crippen LogP contribution in [0.25, 0.3) is 0 Å². The van der Waals surface area contributed by atoms with E-state index in [1.54, 1.807) is 6.20 Å². The fourth-order valence-corrected chi connectivity index (χ4v) is 3.71. The lowest BCUT2D eigenvalue weighted by Crippen LogP contribution is -2.53. The molecule has 1 fully saturated rings. The maximum atomic E-state index is 13.3. The molecule has 1 saturated heterocycles. The molecule has 2 aromatic rings. The standard InChI is InChI=1S/C21H26N4O3/c1-15-22-7-6-19(23-15)24-8-10-25(11-9-24)20(26)21(2,3)16-4-5-17-18(14-16)28-13-12-27-17/h4-7,14H,8-13H2,1-3H3. The number of carbonyl (C=O) groups is 1. The second-order valence-corrected chi connectivity index (χ2v) is 7.72. The predicted octanol–water partition coefficient (Wildman–Crippen LogP) is 2.18. The van der Waals surface area contributed by atoms with Crippen molar-refractivity contribution >= 4 is 11.7 Å². The van der Waals surface area contributed by atoms with Crippen LogP contribution in [0.15, 0.2) is 30.5 Å². The second-order valence-electron chi connectivity index (χ2n) is 7.72. The minimum Gasteiger partial charge on any atom is -0.486 e. The van der Waals surface area contributed by atoms with Gasteiger partial charge in [-0.3, -0.25) is 4.79 Å². The Labute approximate surface area is 165 Å². The van der Waals surface area contributed by atoms with E-state index >= 15 is 0 Å². The molecule has 0 aliphatic carbocycles. The van der Waals surface area contributed by atoms with E-state index in [1.165, 1.54) is 0 Å². The van der Waals surface area contributed by atoms with Gasteiger partial charge in [0, 0.05) is 32.4 Å². The average Bonchev–Trinajstić information content (AvgIpc) is 2.73. The molecule has 0 unspecified atom stereocenters. The zero-order chi connectivity index (χ0) is 19.7. The van der Waals surface area contributed by atoms with Crippen molar-refractivity contribution in [2.45, 2.75) is 26.2 Å². The summed E-state index contributed by atoms with van der Waals surface area (Å²) in [6.07, 6.45) is 1.78. The highest BCUT2D eigenvalue weighted by Crippen LogP contribution is 2.36. The summed E-state index contributed by atoms with van der Waals surface area (Å²) < 4.78 is 11.3. The van der Waals surface area contributed by atoms with E-state index in [9.17, 15) is 4.79 Å². The van der Waals surface area contributed by atoms with Gasteiger partial charge >= 0.3 is 0 Å². The number of fused-ring (bicyclic) bond motifs is 1. The monoisotopic (exact) mass is 382 g/mol. The van der Waals surface area contributed by atoms with E-state index in [1.807, 2.05) is 49.9 Å². The molecule has 7 heteroatoms. The summed E-state index contributed by atoms with van der Waals surface area (Å²) in [4.78, 5) is 26.1. The first-order valence-electron chi connectivity index (χ1n) is 9.69. The van der Waals surface area contributed by atoms with Crippen LogP contribution in [0.2, 0.25) is 0 Å². The number of aromatic nitrogens is 2. The Morgan fingerprint density at radius 1 is 1.04 bits per heavy atom. The molecule has 28 heavy (non-hydrogen) atoms. The maximum absolute atomic E-state index is 13.3. The molecule has 0 N–H and O–H groups in total. The van der Waals surface area contributed by atoms with E-state index in [2.05, 4.69) is 14.9 Å². The van der Waals surface area contributed by atoms with E-state index < -0.39 is 5.41 Å². The van der Waals surface area contributed by atoms with E-state index in [0.29, 0.717) is 32.1 Å². The minimum atomic E-state index is -0.635. The van der Waals surface area contributed by atoms with Crippen LogP contribution >= 0.6 is 0 Å². The molecule has 1 amide bonds. The van der Waals surface area contributed by atoms with Gasteiger partial charge in [-0.2, -0.15) is 0 Å². The van der Waals surface area contributed by atoms with Gasteiger partial charge in [-0.15, -0.1) is 0 Å². The quantitative estimate of drug-likeness (QED) is 0.811. The van der Waals surface area contributed by atoms with Crippen molar-refractivity contribution in [2.75, 3.05) is 44.3 Å². The molecule has 1 aromatic heterocycles. The molecule has 4 rings (SSSR count). The largest absolute Gasteiger partial charge is 0.486 e. The highest BCUT2D eigenvalue weighted by atomic mass is 16.6. The van der Waals surface area contributed by atoms with Gasteiger partial charge in [-0.1, -0.05) is 6.07 Å². The zero-order valence-electron chi connectivity index (χ0n) is 16.6. The Morgan fingerprint density at radius 2 is 1.75 bits per heavy atom. The molecule has 0 saturated carbocycles. The lowest BCUT2D eigenvalue weighted by atomic mass is 9.82. The number of benzene rings is 1. The topological polar surface area (TPSA) is 67.8 Å². The normalized spacial score (nSPS) is 16.8. The predicted molar refractivity (Wildman–Crippen MR) is 106 cm³/mol. The molecular weight excluding hydrogens is 356 g/mol. The molecule has 2 aliphatic rings. The van der Waals surface area contributed by atoms with Gasteiger partial charge in [-0.05, 0) is 44.5 Å². The van der Waals surface area contributed by atoms with E-state index in [4.69, 9.17) is 9.47 Å². The summed E-state index contributed by atoms with van der Waals surface area (Å²) in [6, 6.07) is 7.72. The van der Waals surface area contributed by atoms with Gasteiger partial charge in [0.1, 0.15) is 24.9 Å². The van der Waals surface area contributed by atoms with E-state index in [-0.39, 0.29) is 5.91 Å². The third-order valence-electron chi connectivity index (χ3n) is 5.45. The van der Waals surface area contributed by atoms with Crippen molar-refractivity contribution in [3.05, 3.63) is 41.9 Å². The maximum Gasteiger partial charge on any atom is 0.232 e. The number of carbonyl (C=O) groups excluding carboxylic acids is 1. The Hall–Kier alpha value is -2.83. The fraction of sp³-hybridized carbons (Fsp3) is 0.476. The lowest BCUT2D eigenvalue weighted by Gasteiger charge is -2.39. The molecule has 0 atom stereocenters. The van der Waals surface area contributed by atoms with Crippen LogP contribution in [-0.4, -0.2) is 60.2 Å². The minimum absolute atomic E-state index is 0.127. The number of hydrogen-bond acceptors (Lipinski definition) is 6. The van der Waals surface area contributed by atoms with Crippen LogP contribution in [0.1, 0.15) is 25.2 Å². The van der Waals surface area contributed by atoms with Crippen molar-refractivity contribution in [3.8, 4) is 11.5 Å². The molecule has 1 aromatic carbocycles. The Morgan fingerprint density at radius 3 is 2.46 bits per heavy atom. The van der Waals surface area contributed by atoms with Crippen molar-refractivity contribution < 1.29 is 14.3 Å². The smallest absolute Gasteiger partial charge is 0.232 e. The number of amides is 1. The Balaban J connectivity index is 1.45. The molecular formula is C21H26N4O3. The summed E-state index contributed by atoms with van der Waals surface area (Å²) in [6.45, 7) is 9.81. The molecule has 0 radical (unpaired) electrons. The number of rotatable bonds is 3. The first-order chi connectivity index (χ1) is 13.4. The van der Waals surface area contributed by atoms with Gasteiger partial charge in [-0.25, -0.2) is 9.97 Å². The Kier molecular flexibility index (Phi) is 4.83. The van der Waals surface area contributed by atoms with Gasteiger partial charge in [0.2, 0.25) is 5.91 Å². The van der Waals surface area contributed by atoms with Crippen LogP contribution in [0.5, 0.6) is 11.5 Å². The third-order valence-corrected chi connectivity index (χ3v) is 5.45. The molecule has 0 spiro atoms. The van der Waals surface area contributed by atoms with E-state index in [0.717, 1.165) is 36.0 Å². The molecule has 0 bridgehead atoms. The van der Waals surface area contributed by atoms with Crippen molar-refractivity contribution in [2.24, 2.45) is 0 Å². The van der Waals surface area contributed by atoms with Gasteiger partial charge in [0.15, 0.2) is 11.5 Å². The first kappa shape index (κ1) is 18.5. The summed E-state index contributed by atoms with van der Waals surface area (Å²) in [7, 11) is 0. The number of nitrogens with zero attached hydrogens (tertiary/aromatic N) is 4. The number of aryl methyl sites for hydroxylation is 1. The molecule has 7 nitrogen and oxygen atoms in total. The number of anilines is 1. The van der Waals surface area contributed by atoms with Crippen molar-refractivity contribution in [1.82, 2.24) is 14.9 Å². The zero-order valence-corrected chi connectivity index (χ0v) is 16.6. The van der Waals surface area contributed by atoms with Gasteiger partial charge < -0.3 is 19.3 Å². The fourth-order valence-electron chi connectivity index (χ4n) is 3.71. The van der Waals surface area contributed by atoms with Gasteiger partial charge in [0.25, 0.3) is 0 Å². The van der Waals surface area contributed by atoms with Crippen molar-refractivity contribution in [3.63, 3.8) is 0 Å². The lowest BCUT2D eigenvalue weighted by molar-refractivity contribution is -0.136. The van der Waals surface area contributed by atoms with Crippen molar-refractivity contribution in [1.29, 1.82) is 0 Å². The number of ether oxygens (including phenoxy) is 2. The highest BCUT2D eigenvalue weighted by molar-refractivity contribution is 5.88. The van der Waals surface area contributed by atoms with Crippen LogP contribution in [0.3, 0.4) is 0 Å². The SMILES string of the molecule is Cc1nccc(N2CCN(C(=O)C(C)(C)c3ccc4c(c3)OCCO4)CC2)n1. The van der Waals surface area contributed by atoms with Crippen LogP contribution in [-0.2, 0) is 10.2 Å². The van der Waals surface area contributed by atoms with Crippen LogP contribution in [0, 0.1) is 6.92 Å². The van der Waals surface area contributed by atoms with Gasteiger partial charge in [0.05, 0.1) is 5.41 Å². The summed E-state index contributed by atoms with van der Waals surface area (Å²) in [5.74, 6) is 3.27. The van der Waals surface area contributed by atoms with Crippen LogP contribution < -0.4 is 14.4 Å². The summed E-state index contributed by atoms with van der Waals surface area (Å²) in [5.41, 5.74) is 0.305. The highest BCUT2D eigenvalue weighted by Gasteiger charge is 2.36. The first-order valence-corrected chi connectivity index (χ1v) is 9.69. The second kappa shape index (κ2) is 7.30. The Bertz CT molecular complexity index is 876. The molecule has 148 valence electrons. The average molecular weight is 382 g/mol. The van der Waals surface area contributed by atoms with Crippen LogP contribution in [0.4, 0.5) is 5.82 Å².